The van der Waals surface area contributed by atoms with E-state index in [-0.39, 0.29) is 11.5 Å². The van der Waals surface area contributed by atoms with Gasteiger partial charge in [0, 0.05) is 31.9 Å². The van der Waals surface area contributed by atoms with Gasteiger partial charge in [-0.1, -0.05) is 0 Å². The van der Waals surface area contributed by atoms with E-state index in [1.165, 1.54) is 0 Å². The molecule has 17 heavy (non-hydrogen) atoms. The predicted octanol–water partition coefficient (Wildman–Crippen LogP) is 0.331. The number of hydrogen-bond acceptors (Lipinski definition) is 4. The molecular weight excluding hydrogens is 220 g/mol. The topological polar surface area (TPSA) is 90.0 Å². The Bertz CT molecular complexity index is 428. The number of nitrogens with zero attached hydrogens (tertiary/aromatic N) is 2. The minimum absolute atomic E-state index is 0.120. The van der Waals surface area contributed by atoms with E-state index in [9.17, 15) is 9.59 Å². The lowest BCUT2D eigenvalue weighted by molar-refractivity contribution is -0.118. The molecule has 0 aliphatic heterocycles. The van der Waals surface area contributed by atoms with Gasteiger partial charge >= 0.3 is 0 Å². The third-order valence-corrected chi connectivity index (χ3v) is 2.40. The largest absolute Gasteiger partial charge is 0.370 e. The second-order valence-corrected chi connectivity index (χ2v) is 3.72. The van der Waals surface area contributed by atoms with E-state index in [1.807, 2.05) is 6.92 Å². The zero-order chi connectivity index (χ0) is 12.7. The number of aromatic nitrogens is 2. The molecule has 1 amide bonds. The van der Waals surface area contributed by atoms with Gasteiger partial charge in [0.2, 0.25) is 5.91 Å². The van der Waals surface area contributed by atoms with Crippen molar-refractivity contribution in [3.8, 4) is 0 Å². The summed E-state index contributed by atoms with van der Waals surface area (Å²) in [6.45, 7) is 3.14. The number of aryl methyl sites for hydroxylation is 1. The molecule has 1 aromatic rings. The van der Waals surface area contributed by atoms with E-state index < -0.39 is 0 Å². The SMILES string of the molecule is CCn1ccnc(NCCCCC(N)=O)c1=O. The lowest BCUT2D eigenvalue weighted by atomic mass is 10.2. The molecular formula is C11H18N4O2. The molecule has 0 saturated heterocycles. The summed E-state index contributed by atoms with van der Waals surface area (Å²) in [4.78, 5) is 26.2. The van der Waals surface area contributed by atoms with Crippen LogP contribution in [0.4, 0.5) is 5.82 Å². The summed E-state index contributed by atoms with van der Waals surface area (Å²) < 4.78 is 1.58. The molecule has 0 aromatic carbocycles. The van der Waals surface area contributed by atoms with Gasteiger partial charge in [-0.2, -0.15) is 0 Å². The molecule has 94 valence electrons. The fraction of sp³-hybridized carbons (Fsp3) is 0.545. The third-order valence-electron chi connectivity index (χ3n) is 2.40. The second-order valence-electron chi connectivity index (χ2n) is 3.72. The average Bonchev–Trinajstić information content (AvgIpc) is 2.30. The Morgan fingerprint density at radius 1 is 1.53 bits per heavy atom. The number of primary amides is 1. The van der Waals surface area contributed by atoms with Gasteiger partial charge in [-0.25, -0.2) is 4.98 Å². The first kappa shape index (κ1) is 13.2. The highest BCUT2D eigenvalue weighted by Crippen LogP contribution is 1.97. The molecule has 0 aliphatic rings. The second kappa shape index (κ2) is 6.67. The molecule has 1 heterocycles. The molecule has 0 saturated carbocycles. The smallest absolute Gasteiger partial charge is 0.293 e. The number of rotatable bonds is 7. The van der Waals surface area contributed by atoms with Gasteiger partial charge in [0.1, 0.15) is 0 Å². The number of amides is 1. The summed E-state index contributed by atoms with van der Waals surface area (Å²) in [5.41, 5.74) is 4.90. The molecule has 1 aromatic heterocycles. The van der Waals surface area contributed by atoms with Gasteiger partial charge in [0.25, 0.3) is 5.56 Å². The van der Waals surface area contributed by atoms with Crippen LogP contribution in [0.1, 0.15) is 26.2 Å². The van der Waals surface area contributed by atoms with Crippen LogP contribution in [0.2, 0.25) is 0 Å². The summed E-state index contributed by atoms with van der Waals surface area (Å²) in [6, 6.07) is 0. The monoisotopic (exact) mass is 238 g/mol. The van der Waals surface area contributed by atoms with Crippen molar-refractivity contribution in [1.29, 1.82) is 0 Å². The van der Waals surface area contributed by atoms with Gasteiger partial charge in [0.05, 0.1) is 0 Å². The fourth-order valence-corrected chi connectivity index (χ4v) is 1.45. The van der Waals surface area contributed by atoms with Gasteiger partial charge in [0.15, 0.2) is 5.82 Å². The molecule has 3 N–H and O–H groups in total. The van der Waals surface area contributed by atoms with Crippen LogP contribution in [0.25, 0.3) is 0 Å². The summed E-state index contributed by atoms with van der Waals surface area (Å²) in [6.07, 6.45) is 5.13. The summed E-state index contributed by atoms with van der Waals surface area (Å²) in [7, 11) is 0. The lowest BCUT2D eigenvalue weighted by Crippen LogP contribution is -2.24. The van der Waals surface area contributed by atoms with E-state index in [0.717, 1.165) is 12.8 Å². The standard InChI is InChI=1S/C11H18N4O2/c1-2-15-8-7-14-10(11(15)17)13-6-4-3-5-9(12)16/h7-8H,2-6H2,1H3,(H2,12,16)(H,13,14). The fourth-order valence-electron chi connectivity index (χ4n) is 1.45. The minimum atomic E-state index is -0.295. The zero-order valence-electron chi connectivity index (χ0n) is 9.98. The molecule has 0 bridgehead atoms. The Morgan fingerprint density at radius 3 is 2.94 bits per heavy atom. The Kier molecular flexibility index (Phi) is 5.19. The van der Waals surface area contributed by atoms with Crippen molar-refractivity contribution >= 4 is 11.7 Å². The zero-order valence-corrected chi connectivity index (χ0v) is 9.98. The van der Waals surface area contributed by atoms with Gasteiger partial charge in [-0.3, -0.25) is 9.59 Å². The van der Waals surface area contributed by atoms with Crippen molar-refractivity contribution < 1.29 is 4.79 Å². The Labute approximate surface area is 99.8 Å². The quantitative estimate of drug-likeness (QED) is 0.670. The van der Waals surface area contributed by atoms with E-state index in [1.54, 1.807) is 17.0 Å². The number of nitrogens with one attached hydrogen (secondary N) is 1. The van der Waals surface area contributed by atoms with Crippen molar-refractivity contribution in [2.75, 3.05) is 11.9 Å². The van der Waals surface area contributed by atoms with Crippen LogP contribution >= 0.6 is 0 Å². The molecule has 0 spiro atoms. The third kappa shape index (κ3) is 4.26. The Balaban J connectivity index is 2.42. The van der Waals surface area contributed by atoms with Gasteiger partial charge in [-0.15, -0.1) is 0 Å². The maximum atomic E-state index is 11.7. The maximum Gasteiger partial charge on any atom is 0.293 e. The molecule has 0 aliphatic carbocycles. The highest BCUT2D eigenvalue weighted by Gasteiger charge is 2.02. The van der Waals surface area contributed by atoms with Gasteiger partial charge < -0.3 is 15.6 Å². The Morgan fingerprint density at radius 2 is 2.29 bits per heavy atom. The molecule has 6 heteroatoms. The number of unbranched alkanes of at least 4 members (excludes halogenated alkanes) is 1. The van der Waals surface area contributed by atoms with E-state index in [2.05, 4.69) is 10.3 Å². The molecule has 0 atom stereocenters. The summed E-state index contributed by atoms with van der Waals surface area (Å²) in [5, 5.41) is 2.96. The number of anilines is 1. The van der Waals surface area contributed by atoms with Crippen LogP contribution in [0, 0.1) is 0 Å². The lowest BCUT2D eigenvalue weighted by Gasteiger charge is -2.06. The van der Waals surface area contributed by atoms with E-state index in [0.29, 0.717) is 25.3 Å². The van der Waals surface area contributed by atoms with Crippen LogP contribution in [0.3, 0.4) is 0 Å². The number of hydrogen-bond donors (Lipinski definition) is 2. The number of carbonyl (C=O) groups excluding carboxylic acids is 1. The predicted molar refractivity (Wildman–Crippen MR) is 65.7 cm³/mol. The highest BCUT2D eigenvalue weighted by atomic mass is 16.1. The Hall–Kier alpha value is -1.85. The van der Waals surface area contributed by atoms with Crippen molar-refractivity contribution in [3.63, 3.8) is 0 Å². The maximum absolute atomic E-state index is 11.7. The van der Waals surface area contributed by atoms with E-state index in [4.69, 9.17) is 5.73 Å². The number of nitrogens with two attached hydrogens (primary N) is 1. The number of carbonyl (C=O) groups is 1. The molecule has 0 radical (unpaired) electrons. The van der Waals surface area contributed by atoms with Crippen molar-refractivity contribution in [3.05, 3.63) is 22.7 Å². The van der Waals surface area contributed by atoms with Crippen LogP contribution in [-0.4, -0.2) is 22.0 Å². The molecule has 0 fully saturated rings. The van der Waals surface area contributed by atoms with Crippen molar-refractivity contribution in [1.82, 2.24) is 9.55 Å². The first-order valence-corrected chi connectivity index (χ1v) is 5.72. The van der Waals surface area contributed by atoms with Crippen molar-refractivity contribution in [2.24, 2.45) is 5.73 Å². The van der Waals surface area contributed by atoms with Gasteiger partial charge in [-0.05, 0) is 19.8 Å². The molecule has 1 rings (SSSR count). The minimum Gasteiger partial charge on any atom is -0.370 e. The van der Waals surface area contributed by atoms with Crippen LogP contribution in [-0.2, 0) is 11.3 Å². The summed E-state index contributed by atoms with van der Waals surface area (Å²) >= 11 is 0. The normalized spacial score (nSPS) is 10.2. The molecule has 0 unspecified atom stereocenters. The highest BCUT2D eigenvalue weighted by molar-refractivity contribution is 5.73. The average molecular weight is 238 g/mol. The van der Waals surface area contributed by atoms with Crippen LogP contribution in [0.5, 0.6) is 0 Å². The first-order valence-electron chi connectivity index (χ1n) is 5.72. The summed E-state index contributed by atoms with van der Waals surface area (Å²) in [5.74, 6) is 0.0598. The molecule has 6 nitrogen and oxygen atoms in total. The van der Waals surface area contributed by atoms with Crippen LogP contribution in [0.15, 0.2) is 17.2 Å². The van der Waals surface area contributed by atoms with Crippen molar-refractivity contribution in [2.45, 2.75) is 32.7 Å². The van der Waals surface area contributed by atoms with Crippen LogP contribution < -0.4 is 16.6 Å². The first-order chi connectivity index (χ1) is 8.15. The van der Waals surface area contributed by atoms with E-state index >= 15 is 0 Å².